The smallest absolute Gasteiger partial charge is 0.266 e. The Morgan fingerprint density at radius 1 is 1.44 bits per heavy atom. The molecule has 0 aromatic heterocycles. The Labute approximate surface area is 60.4 Å². The van der Waals surface area contributed by atoms with E-state index in [1.54, 1.807) is 0 Å². The van der Waals surface area contributed by atoms with Gasteiger partial charge in [0.25, 0.3) is 5.24 Å². The van der Waals surface area contributed by atoms with Crippen molar-refractivity contribution in [1.29, 1.82) is 0 Å². The molecular formula is C7H9ClO. The average molecular weight is 145 g/mol. The summed E-state index contributed by atoms with van der Waals surface area (Å²) >= 11 is 4.97. The van der Waals surface area contributed by atoms with Crippen LogP contribution in [0.15, 0.2) is 0 Å². The van der Waals surface area contributed by atoms with Crippen LogP contribution in [0.1, 0.15) is 20.8 Å². The molecule has 0 heterocycles. The number of halogens is 1. The first-order valence-electron chi connectivity index (χ1n) is 2.64. The zero-order valence-electron chi connectivity index (χ0n) is 5.79. The summed E-state index contributed by atoms with van der Waals surface area (Å²) in [5.74, 6) is 4.95. The first-order chi connectivity index (χ1) is 3.92. The molecule has 0 aliphatic carbocycles. The van der Waals surface area contributed by atoms with Crippen LogP contribution in [0.2, 0.25) is 0 Å². The van der Waals surface area contributed by atoms with Gasteiger partial charge in [0.15, 0.2) is 0 Å². The quantitative estimate of drug-likeness (QED) is 0.374. The van der Waals surface area contributed by atoms with Crippen molar-refractivity contribution in [3.63, 3.8) is 0 Å². The Bertz CT molecular complexity index is 166. The fraction of sp³-hybridized carbons (Fsp3) is 0.571. The van der Waals surface area contributed by atoms with E-state index in [1.165, 1.54) is 0 Å². The molecule has 0 aromatic carbocycles. The molecular weight excluding hydrogens is 136 g/mol. The van der Waals surface area contributed by atoms with Crippen LogP contribution in [-0.4, -0.2) is 5.24 Å². The van der Waals surface area contributed by atoms with Crippen molar-refractivity contribution in [1.82, 2.24) is 0 Å². The lowest BCUT2D eigenvalue weighted by Gasteiger charge is -2.05. The lowest BCUT2D eigenvalue weighted by atomic mass is 9.98. The molecule has 0 unspecified atom stereocenters. The summed E-state index contributed by atoms with van der Waals surface area (Å²) in [5, 5.41) is -0.593. The maximum absolute atomic E-state index is 10.1. The van der Waals surface area contributed by atoms with Crippen LogP contribution in [0, 0.1) is 17.3 Å². The minimum absolute atomic E-state index is 0.134. The molecule has 0 saturated heterocycles. The number of carbonyl (C=O) groups is 1. The maximum atomic E-state index is 10.1. The zero-order chi connectivity index (χ0) is 7.49. The molecule has 0 aliphatic rings. The zero-order valence-corrected chi connectivity index (χ0v) is 6.54. The Morgan fingerprint density at radius 3 is 2.00 bits per heavy atom. The molecule has 0 bridgehead atoms. The molecule has 0 aliphatic heterocycles. The van der Waals surface area contributed by atoms with E-state index in [0.29, 0.717) is 0 Å². The van der Waals surface area contributed by atoms with Gasteiger partial charge in [0, 0.05) is 5.41 Å². The second-order valence-corrected chi connectivity index (χ2v) is 3.12. The number of rotatable bonds is 0. The number of carbonyl (C=O) groups excluding carboxylic acids is 1. The molecule has 0 radical (unpaired) electrons. The Morgan fingerprint density at radius 2 is 1.89 bits per heavy atom. The van der Waals surface area contributed by atoms with Gasteiger partial charge in [-0.1, -0.05) is 5.92 Å². The summed E-state index contributed by atoms with van der Waals surface area (Å²) < 4.78 is 0. The van der Waals surface area contributed by atoms with Crippen molar-refractivity contribution in [2.75, 3.05) is 0 Å². The van der Waals surface area contributed by atoms with Crippen LogP contribution >= 0.6 is 11.6 Å². The molecule has 2 heteroatoms. The first kappa shape index (κ1) is 8.52. The van der Waals surface area contributed by atoms with E-state index >= 15 is 0 Å². The van der Waals surface area contributed by atoms with Gasteiger partial charge in [-0.15, -0.1) is 0 Å². The van der Waals surface area contributed by atoms with E-state index < -0.39 is 5.24 Å². The highest BCUT2D eigenvalue weighted by atomic mass is 35.5. The predicted octanol–water partition coefficient (Wildman–Crippen LogP) is 1.80. The molecule has 0 N–H and O–H groups in total. The highest BCUT2D eigenvalue weighted by Gasteiger charge is 2.03. The molecule has 9 heavy (non-hydrogen) atoms. The number of hydrogen-bond donors (Lipinski definition) is 0. The predicted molar refractivity (Wildman–Crippen MR) is 38.1 cm³/mol. The molecule has 0 atom stereocenters. The maximum Gasteiger partial charge on any atom is 0.296 e. The van der Waals surface area contributed by atoms with Crippen LogP contribution in [0.4, 0.5) is 0 Å². The van der Waals surface area contributed by atoms with E-state index in [4.69, 9.17) is 11.6 Å². The normalized spacial score (nSPS) is 9.78. The lowest BCUT2D eigenvalue weighted by Crippen LogP contribution is -1.99. The van der Waals surface area contributed by atoms with Gasteiger partial charge in [0.05, 0.1) is 0 Å². The fourth-order valence-corrected chi connectivity index (χ4v) is 0.284. The molecule has 0 fully saturated rings. The second-order valence-electron chi connectivity index (χ2n) is 2.77. The monoisotopic (exact) mass is 144 g/mol. The topological polar surface area (TPSA) is 17.1 Å². The Hall–Kier alpha value is -0.480. The Balaban J connectivity index is 4.04. The summed E-state index contributed by atoms with van der Waals surface area (Å²) in [6.07, 6.45) is 0. The summed E-state index contributed by atoms with van der Waals surface area (Å²) in [4.78, 5) is 10.1. The summed E-state index contributed by atoms with van der Waals surface area (Å²) in [6.45, 7) is 5.75. The third-order valence-corrected chi connectivity index (χ3v) is 0.630. The van der Waals surface area contributed by atoms with Crippen molar-refractivity contribution in [3.8, 4) is 11.8 Å². The summed E-state index contributed by atoms with van der Waals surface area (Å²) in [5.41, 5.74) is -0.134. The molecule has 0 aromatic rings. The van der Waals surface area contributed by atoms with E-state index in [1.807, 2.05) is 20.8 Å². The van der Waals surface area contributed by atoms with Gasteiger partial charge in [-0.3, -0.25) is 4.79 Å². The van der Waals surface area contributed by atoms with Gasteiger partial charge < -0.3 is 0 Å². The van der Waals surface area contributed by atoms with Crippen LogP contribution in [-0.2, 0) is 4.79 Å². The van der Waals surface area contributed by atoms with Gasteiger partial charge in [-0.2, -0.15) is 0 Å². The van der Waals surface area contributed by atoms with Gasteiger partial charge in [0.2, 0.25) is 0 Å². The minimum Gasteiger partial charge on any atom is -0.266 e. The van der Waals surface area contributed by atoms with Crippen LogP contribution in [0.25, 0.3) is 0 Å². The summed E-state index contributed by atoms with van der Waals surface area (Å²) in [7, 11) is 0. The van der Waals surface area contributed by atoms with Crippen molar-refractivity contribution in [2.45, 2.75) is 20.8 Å². The molecule has 0 spiro atoms. The van der Waals surface area contributed by atoms with Gasteiger partial charge >= 0.3 is 0 Å². The van der Waals surface area contributed by atoms with Crippen molar-refractivity contribution in [3.05, 3.63) is 0 Å². The Kier molecular flexibility index (Phi) is 2.73. The van der Waals surface area contributed by atoms with Crippen molar-refractivity contribution >= 4 is 16.8 Å². The highest BCUT2D eigenvalue weighted by molar-refractivity contribution is 6.68. The van der Waals surface area contributed by atoms with E-state index in [2.05, 4.69) is 11.8 Å². The van der Waals surface area contributed by atoms with Crippen LogP contribution in [0.3, 0.4) is 0 Å². The molecule has 0 amide bonds. The lowest BCUT2D eigenvalue weighted by molar-refractivity contribution is -0.107. The summed E-state index contributed by atoms with van der Waals surface area (Å²) in [6, 6.07) is 0. The van der Waals surface area contributed by atoms with Crippen molar-refractivity contribution < 1.29 is 4.79 Å². The molecule has 50 valence electrons. The van der Waals surface area contributed by atoms with E-state index in [9.17, 15) is 4.79 Å². The average Bonchev–Trinajstić information content (AvgIpc) is 1.59. The molecule has 0 saturated carbocycles. The first-order valence-corrected chi connectivity index (χ1v) is 3.02. The van der Waals surface area contributed by atoms with Crippen molar-refractivity contribution in [2.24, 2.45) is 5.41 Å². The van der Waals surface area contributed by atoms with Crippen LogP contribution in [0.5, 0.6) is 0 Å². The SMILES string of the molecule is CC(C)(C)C#CC(=O)Cl. The molecule has 0 rings (SSSR count). The third-order valence-electron chi connectivity index (χ3n) is 0.536. The largest absolute Gasteiger partial charge is 0.296 e. The van der Waals surface area contributed by atoms with Gasteiger partial charge in [-0.25, -0.2) is 0 Å². The van der Waals surface area contributed by atoms with Crippen LogP contribution < -0.4 is 0 Å². The fourth-order valence-electron chi connectivity index (χ4n) is 0.237. The van der Waals surface area contributed by atoms with E-state index in [0.717, 1.165) is 0 Å². The van der Waals surface area contributed by atoms with Gasteiger partial charge in [0.1, 0.15) is 0 Å². The minimum atomic E-state index is -0.593. The van der Waals surface area contributed by atoms with Gasteiger partial charge in [-0.05, 0) is 38.3 Å². The number of hydrogen-bond acceptors (Lipinski definition) is 1. The van der Waals surface area contributed by atoms with E-state index in [-0.39, 0.29) is 5.41 Å². The standard InChI is InChI=1S/C7H9ClO/c1-7(2,3)5-4-6(8)9/h1-3H3. The second kappa shape index (κ2) is 2.89. The highest BCUT2D eigenvalue weighted by Crippen LogP contribution is 2.09. The third kappa shape index (κ3) is 7.52. The molecule has 1 nitrogen and oxygen atoms in total.